The molecule has 1 heterocycles. The van der Waals surface area contributed by atoms with E-state index in [0.717, 1.165) is 11.6 Å². The van der Waals surface area contributed by atoms with E-state index in [2.05, 4.69) is 4.98 Å². The summed E-state index contributed by atoms with van der Waals surface area (Å²) in [5.41, 5.74) is 0.950. The topological polar surface area (TPSA) is 28.7 Å². The van der Waals surface area contributed by atoms with E-state index >= 15 is 0 Å². The maximum Gasteiger partial charge on any atom is 0.431 e. The first-order chi connectivity index (χ1) is 8.36. The summed E-state index contributed by atoms with van der Waals surface area (Å²) < 4.78 is 37.7. The van der Waals surface area contributed by atoms with Crippen LogP contribution in [0.25, 0.3) is 11.3 Å². The summed E-state index contributed by atoms with van der Waals surface area (Å²) in [5.74, 6) is 0. The molecular weight excluding hydrogens is 261 g/mol. The van der Waals surface area contributed by atoms with Crippen molar-refractivity contribution in [1.29, 1.82) is 0 Å². The van der Waals surface area contributed by atoms with Gasteiger partial charge in [-0.2, -0.15) is 13.2 Å². The van der Waals surface area contributed by atoms with Gasteiger partial charge >= 0.3 is 6.18 Å². The van der Waals surface area contributed by atoms with Crippen LogP contribution in [0.1, 0.15) is 11.3 Å². The minimum absolute atomic E-state index is 0.180. The van der Waals surface area contributed by atoms with Gasteiger partial charge in [0.15, 0.2) is 4.77 Å². The van der Waals surface area contributed by atoms with Gasteiger partial charge in [0.05, 0.1) is 5.69 Å². The summed E-state index contributed by atoms with van der Waals surface area (Å²) in [7, 11) is 0. The molecule has 0 atom stereocenters. The van der Waals surface area contributed by atoms with E-state index < -0.39 is 11.9 Å². The molecule has 0 bridgehead atoms. The summed E-state index contributed by atoms with van der Waals surface area (Å²) in [5, 5.41) is 0. The first-order valence-corrected chi connectivity index (χ1v) is 5.53. The number of aromatic nitrogens is 2. The van der Waals surface area contributed by atoms with E-state index in [-0.39, 0.29) is 10.5 Å². The molecule has 0 aliphatic carbocycles. The van der Waals surface area contributed by atoms with Crippen molar-refractivity contribution in [3.63, 3.8) is 0 Å². The summed E-state index contributed by atoms with van der Waals surface area (Å²) >= 11 is 4.72. The Morgan fingerprint density at radius 2 is 1.78 bits per heavy atom. The maximum absolute atomic E-state index is 12.6. The number of rotatable bonds is 1. The molecule has 0 amide bonds. The normalized spacial score (nSPS) is 11.6. The Morgan fingerprint density at radius 3 is 2.33 bits per heavy atom. The van der Waals surface area contributed by atoms with Crippen molar-refractivity contribution in [2.24, 2.45) is 0 Å². The molecule has 94 valence electrons. The number of aryl methyl sites for hydroxylation is 1. The number of hydrogen-bond donors (Lipinski definition) is 1. The van der Waals surface area contributed by atoms with E-state index in [4.69, 9.17) is 12.2 Å². The van der Waals surface area contributed by atoms with Crippen molar-refractivity contribution >= 4 is 12.2 Å². The maximum atomic E-state index is 12.6. The Kier molecular flexibility index (Phi) is 3.21. The number of alkyl halides is 3. The van der Waals surface area contributed by atoms with Crippen molar-refractivity contribution in [3.8, 4) is 11.3 Å². The van der Waals surface area contributed by atoms with E-state index in [1.54, 1.807) is 12.1 Å². The number of halogens is 3. The molecule has 0 saturated carbocycles. The third kappa shape index (κ3) is 2.76. The highest BCUT2D eigenvalue weighted by Crippen LogP contribution is 2.29. The van der Waals surface area contributed by atoms with E-state index in [0.29, 0.717) is 5.56 Å². The zero-order chi connectivity index (χ0) is 13.3. The van der Waals surface area contributed by atoms with Crippen LogP contribution in [0.2, 0.25) is 0 Å². The van der Waals surface area contributed by atoms with Gasteiger partial charge in [0.1, 0.15) is 5.69 Å². The van der Waals surface area contributed by atoms with E-state index in [1.165, 1.54) is 0 Å². The first kappa shape index (κ1) is 12.8. The van der Waals surface area contributed by atoms with Gasteiger partial charge in [-0.05, 0) is 25.2 Å². The molecule has 0 aliphatic rings. The summed E-state index contributed by atoms with van der Waals surface area (Å²) in [6.45, 7) is 1.90. The quantitative estimate of drug-likeness (QED) is 0.789. The Morgan fingerprint density at radius 1 is 1.17 bits per heavy atom. The fourth-order valence-corrected chi connectivity index (χ4v) is 1.69. The SMILES string of the molecule is Cc1ccc(-c2cc(C(F)(F)F)[nH]c(=S)n2)cc1. The largest absolute Gasteiger partial charge is 0.431 e. The highest BCUT2D eigenvalue weighted by Gasteiger charge is 2.32. The van der Waals surface area contributed by atoms with Crippen molar-refractivity contribution < 1.29 is 13.2 Å². The molecule has 0 aliphatic heterocycles. The number of hydrogen-bond acceptors (Lipinski definition) is 2. The van der Waals surface area contributed by atoms with Crippen molar-refractivity contribution in [2.75, 3.05) is 0 Å². The molecule has 1 aromatic carbocycles. The molecule has 2 nitrogen and oxygen atoms in total. The molecule has 18 heavy (non-hydrogen) atoms. The predicted molar refractivity (Wildman–Crippen MR) is 64.6 cm³/mol. The van der Waals surface area contributed by atoms with E-state index in [1.807, 2.05) is 24.0 Å². The molecule has 2 aromatic rings. The number of benzene rings is 1. The fourth-order valence-electron chi connectivity index (χ4n) is 1.48. The van der Waals surface area contributed by atoms with Gasteiger partial charge in [-0.25, -0.2) is 4.98 Å². The first-order valence-electron chi connectivity index (χ1n) is 5.12. The fraction of sp³-hybridized carbons (Fsp3) is 0.167. The Balaban J connectivity index is 2.55. The van der Waals surface area contributed by atoms with Gasteiger partial charge in [-0.3, -0.25) is 0 Å². The molecule has 0 spiro atoms. The third-order valence-electron chi connectivity index (χ3n) is 2.40. The number of aromatic amines is 1. The van der Waals surface area contributed by atoms with Crippen LogP contribution in [-0.2, 0) is 6.18 Å². The number of nitrogens with one attached hydrogen (secondary N) is 1. The van der Waals surface area contributed by atoms with Crippen LogP contribution in [-0.4, -0.2) is 9.97 Å². The van der Waals surface area contributed by atoms with Crippen LogP contribution in [0.4, 0.5) is 13.2 Å². The molecular formula is C12H9F3N2S. The second kappa shape index (κ2) is 4.53. The zero-order valence-electron chi connectivity index (χ0n) is 9.38. The zero-order valence-corrected chi connectivity index (χ0v) is 10.2. The Hall–Kier alpha value is -1.69. The lowest BCUT2D eigenvalue weighted by Gasteiger charge is -2.08. The monoisotopic (exact) mass is 270 g/mol. The smallest absolute Gasteiger partial charge is 0.327 e. The molecule has 1 N–H and O–H groups in total. The lowest BCUT2D eigenvalue weighted by molar-refractivity contribution is -0.141. The van der Waals surface area contributed by atoms with Crippen molar-refractivity contribution in [3.05, 3.63) is 46.4 Å². The lowest BCUT2D eigenvalue weighted by Crippen LogP contribution is -2.09. The molecule has 1 aromatic heterocycles. The van der Waals surface area contributed by atoms with Crippen molar-refractivity contribution in [2.45, 2.75) is 13.1 Å². The predicted octanol–water partition coefficient (Wildman–Crippen LogP) is 4.13. The van der Waals surface area contributed by atoms with Gasteiger partial charge in [0.2, 0.25) is 0 Å². The minimum atomic E-state index is -4.46. The number of nitrogens with zero attached hydrogens (tertiary/aromatic N) is 1. The molecule has 2 rings (SSSR count). The molecule has 6 heteroatoms. The molecule has 0 radical (unpaired) electrons. The number of H-pyrrole nitrogens is 1. The standard InChI is InChI=1S/C12H9F3N2S/c1-7-2-4-8(5-3-7)9-6-10(12(13,14)15)17-11(18)16-9/h2-6H,1H3,(H,16,17,18). The Bertz CT molecular complexity index is 614. The average Bonchev–Trinajstić information content (AvgIpc) is 2.28. The van der Waals surface area contributed by atoms with Crippen LogP contribution in [0.5, 0.6) is 0 Å². The highest BCUT2D eigenvalue weighted by atomic mass is 32.1. The summed E-state index contributed by atoms with van der Waals surface area (Å²) in [6, 6.07) is 8.01. The van der Waals surface area contributed by atoms with Crippen LogP contribution in [0.3, 0.4) is 0 Å². The Labute approximate surface area is 107 Å². The van der Waals surface area contributed by atoms with Gasteiger partial charge in [-0.15, -0.1) is 0 Å². The van der Waals surface area contributed by atoms with Crippen LogP contribution in [0, 0.1) is 11.7 Å². The average molecular weight is 270 g/mol. The second-order valence-electron chi connectivity index (χ2n) is 3.85. The summed E-state index contributed by atoms with van der Waals surface area (Å²) in [4.78, 5) is 5.95. The molecule has 0 saturated heterocycles. The van der Waals surface area contributed by atoms with Crippen LogP contribution in [0.15, 0.2) is 30.3 Å². The van der Waals surface area contributed by atoms with Gasteiger partial charge in [0, 0.05) is 5.56 Å². The lowest BCUT2D eigenvalue weighted by atomic mass is 10.1. The van der Waals surface area contributed by atoms with E-state index in [9.17, 15) is 13.2 Å². The molecule has 0 fully saturated rings. The van der Waals surface area contributed by atoms with Gasteiger partial charge in [-0.1, -0.05) is 29.8 Å². The van der Waals surface area contributed by atoms with Crippen LogP contribution >= 0.6 is 12.2 Å². The van der Waals surface area contributed by atoms with Gasteiger partial charge < -0.3 is 4.98 Å². The van der Waals surface area contributed by atoms with Crippen molar-refractivity contribution in [1.82, 2.24) is 9.97 Å². The summed E-state index contributed by atoms with van der Waals surface area (Å²) in [6.07, 6.45) is -4.46. The highest BCUT2D eigenvalue weighted by molar-refractivity contribution is 7.71. The molecule has 0 unspecified atom stereocenters. The van der Waals surface area contributed by atoms with Crippen LogP contribution < -0.4 is 0 Å². The minimum Gasteiger partial charge on any atom is -0.327 e. The second-order valence-corrected chi connectivity index (χ2v) is 4.24. The van der Waals surface area contributed by atoms with Gasteiger partial charge in [0.25, 0.3) is 0 Å². The third-order valence-corrected chi connectivity index (χ3v) is 2.59.